The standard InChI is InChI=1S/C22H20F2N4O2S/c1-21(12-22(2,19(29)30-3)31-20(26)28-21)15-8-13(4-6-16(15)23)9-17(24)18-7-5-14(10-25)11-27-18/h4-9,11H,12H2,1-3H3,(H2,26,28)/b17-9-/t21-,22+/m0/s1. The van der Waals surface area contributed by atoms with Gasteiger partial charge in [-0.15, -0.1) is 0 Å². The summed E-state index contributed by atoms with van der Waals surface area (Å²) in [5.41, 5.74) is 5.73. The zero-order valence-electron chi connectivity index (χ0n) is 17.1. The second-order valence-electron chi connectivity index (χ2n) is 7.50. The average Bonchev–Trinajstić information content (AvgIpc) is 2.73. The van der Waals surface area contributed by atoms with Crippen molar-refractivity contribution >= 4 is 34.8 Å². The zero-order chi connectivity index (χ0) is 22.8. The van der Waals surface area contributed by atoms with Gasteiger partial charge >= 0.3 is 5.97 Å². The number of benzene rings is 1. The minimum atomic E-state index is -1.16. The predicted molar refractivity (Wildman–Crippen MR) is 116 cm³/mol. The molecule has 1 aliphatic rings. The number of nitrogens with two attached hydrogens (primary N) is 1. The third-order valence-electron chi connectivity index (χ3n) is 4.99. The summed E-state index contributed by atoms with van der Waals surface area (Å²) in [5, 5.41) is 8.96. The highest BCUT2D eigenvalue weighted by Crippen LogP contribution is 2.46. The number of pyridine rings is 1. The summed E-state index contributed by atoms with van der Waals surface area (Å²) in [6.07, 6.45) is 2.62. The van der Waals surface area contributed by atoms with Crippen molar-refractivity contribution in [2.24, 2.45) is 10.7 Å². The molecule has 1 aromatic heterocycles. The summed E-state index contributed by atoms with van der Waals surface area (Å²) in [6.45, 7) is 3.34. The molecule has 0 aliphatic carbocycles. The molecule has 0 unspecified atom stereocenters. The van der Waals surface area contributed by atoms with E-state index in [0.717, 1.165) is 11.8 Å². The molecule has 2 atom stereocenters. The van der Waals surface area contributed by atoms with Crippen LogP contribution in [0.5, 0.6) is 0 Å². The van der Waals surface area contributed by atoms with Gasteiger partial charge in [-0.3, -0.25) is 14.8 Å². The summed E-state index contributed by atoms with van der Waals surface area (Å²) >= 11 is 1.07. The molecule has 0 saturated carbocycles. The van der Waals surface area contributed by atoms with Crippen molar-refractivity contribution in [3.63, 3.8) is 0 Å². The topological polar surface area (TPSA) is 101 Å². The number of carbonyl (C=O) groups excluding carboxylic acids is 1. The van der Waals surface area contributed by atoms with Crippen molar-refractivity contribution in [3.05, 3.63) is 64.7 Å². The maximum Gasteiger partial charge on any atom is 0.322 e. The van der Waals surface area contributed by atoms with Crippen LogP contribution < -0.4 is 5.73 Å². The van der Waals surface area contributed by atoms with E-state index in [2.05, 4.69) is 9.98 Å². The summed E-state index contributed by atoms with van der Waals surface area (Å²) in [5.74, 6) is -1.68. The van der Waals surface area contributed by atoms with Crippen LogP contribution in [0, 0.1) is 17.1 Å². The number of aliphatic imine (C=N–C) groups is 1. The van der Waals surface area contributed by atoms with E-state index in [-0.39, 0.29) is 22.8 Å². The Bertz CT molecular complexity index is 1130. The van der Waals surface area contributed by atoms with Crippen molar-refractivity contribution in [1.29, 1.82) is 5.26 Å². The molecule has 3 rings (SSSR count). The van der Waals surface area contributed by atoms with E-state index in [1.165, 1.54) is 49.7 Å². The maximum atomic E-state index is 14.8. The Labute approximate surface area is 182 Å². The minimum absolute atomic E-state index is 0.0469. The van der Waals surface area contributed by atoms with Crippen LogP contribution in [0.4, 0.5) is 8.78 Å². The predicted octanol–water partition coefficient (Wildman–Crippen LogP) is 4.16. The smallest absolute Gasteiger partial charge is 0.322 e. The molecule has 1 aliphatic heterocycles. The van der Waals surface area contributed by atoms with Crippen LogP contribution in [0.2, 0.25) is 0 Å². The van der Waals surface area contributed by atoms with Gasteiger partial charge in [-0.05, 0) is 49.8 Å². The normalized spacial score (nSPS) is 23.6. The number of thioether (sulfide) groups is 1. The molecule has 0 fully saturated rings. The van der Waals surface area contributed by atoms with Gasteiger partial charge in [-0.1, -0.05) is 17.8 Å². The van der Waals surface area contributed by atoms with E-state index in [9.17, 15) is 13.6 Å². The monoisotopic (exact) mass is 442 g/mol. The Balaban J connectivity index is 2.01. The first-order valence-corrected chi connectivity index (χ1v) is 10.1. The lowest BCUT2D eigenvalue weighted by molar-refractivity contribution is -0.143. The van der Waals surface area contributed by atoms with Crippen molar-refractivity contribution in [3.8, 4) is 6.07 Å². The van der Waals surface area contributed by atoms with Crippen molar-refractivity contribution in [2.45, 2.75) is 30.6 Å². The second kappa shape index (κ2) is 8.47. The van der Waals surface area contributed by atoms with E-state index in [1.54, 1.807) is 13.8 Å². The lowest BCUT2D eigenvalue weighted by atomic mass is 9.82. The van der Waals surface area contributed by atoms with E-state index in [0.29, 0.717) is 11.1 Å². The summed E-state index contributed by atoms with van der Waals surface area (Å²) in [4.78, 5) is 20.6. The zero-order valence-corrected chi connectivity index (χ0v) is 18.0. The Morgan fingerprint density at radius 2 is 2.10 bits per heavy atom. The van der Waals surface area contributed by atoms with Gasteiger partial charge in [0.2, 0.25) is 0 Å². The number of hydrogen-bond donors (Lipinski definition) is 1. The van der Waals surface area contributed by atoms with Gasteiger partial charge in [0.15, 0.2) is 5.17 Å². The van der Waals surface area contributed by atoms with Crippen molar-refractivity contribution < 1.29 is 18.3 Å². The fourth-order valence-corrected chi connectivity index (χ4v) is 4.81. The highest BCUT2D eigenvalue weighted by Gasteiger charge is 2.48. The van der Waals surface area contributed by atoms with Gasteiger partial charge < -0.3 is 10.5 Å². The maximum absolute atomic E-state index is 14.8. The quantitative estimate of drug-likeness (QED) is 0.714. The fourth-order valence-electron chi connectivity index (χ4n) is 3.58. The molecule has 1 aromatic carbocycles. The molecule has 9 heteroatoms. The Kier molecular flexibility index (Phi) is 6.13. The average molecular weight is 442 g/mol. The number of nitriles is 1. The first kappa shape index (κ1) is 22.4. The molecule has 0 saturated heterocycles. The minimum Gasteiger partial charge on any atom is -0.468 e. The van der Waals surface area contributed by atoms with E-state index in [4.69, 9.17) is 15.7 Å². The molecule has 6 nitrogen and oxygen atoms in total. The Hall–Kier alpha value is -3.25. The third kappa shape index (κ3) is 4.59. The molecule has 2 N–H and O–H groups in total. The van der Waals surface area contributed by atoms with Gasteiger partial charge in [0, 0.05) is 18.2 Å². The SMILES string of the molecule is COC(=O)[C@@]1(C)C[C@@](C)(c2cc(/C=C(\F)c3ccc(C#N)cn3)ccc2F)N=C(N)S1. The number of aromatic nitrogens is 1. The van der Waals surface area contributed by atoms with Crippen LogP contribution in [0.15, 0.2) is 41.5 Å². The van der Waals surface area contributed by atoms with Crippen molar-refractivity contribution in [2.75, 3.05) is 7.11 Å². The largest absolute Gasteiger partial charge is 0.468 e. The molecule has 31 heavy (non-hydrogen) atoms. The van der Waals surface area contributed by atoms with Crippen LogP contribution in [-0.4, -0.2) is 28.0 Å². The number of nitrogens with zero attached hydrogens (tertiary/aromatic N) is 3. The van der Waals surface area contributed by atoms with E-state index >= 15 is 0 Å². The number of amidine groups is 1. The molecule has 0 bridgehead atoms. The number of hydrogen-bond acceptors (Lipinski definition) is 7. The van der Waals surface area contributed by atoms with Crippen LogP contribution in [0.1, 0.15) is 42.7 Å². The van der Waals surface area contributed by atoms with Gasteiger partial charge in [0.05, 0.1) is 23.9 Å². The molecule has 0 spiro atoms. The van der Waals surface area contributed by atoms with Crippen LogP contribution in [0.3, 0.4) is 0 Å². The van der Waals surface area contributed by atoms with Gasteiger partial charge in [0.25, 0.3) is 0 Å². The lowest BCUT2D eigenvalue weighted by Gasteiger charge is -2.39. The third-order valence-corrected chi connectivity index (χ3v) is 6.05. The first-order chi connectivity index (χ1) is 14.6. The fraction of sp³-hybridized carbons (Fsp3) is 0.273. The molecular weight excluding hydrogens is 422 g/mol. The first-order valence-electron chi connectivity index (χ1n) is 9.27. The lowest BCUT2D eigenvalue weighted by Crippen LogP contribution is -2.46. The summed E-state index contributed by atoms with van der Waals surface area (Å²) < 4.78 is 33.3. The molecule has 2 aromatic rings. The summed E-state index contributed by atoms with van der Waals surface area (Å²) in [6, 6.07) is 8.88. The highest BCUT2D eigenvalue weighted by atomic mass is 32.2. The number of esters is 1. The molecule has 0 radical (unpaired) electrons. The van der Waals surface area contributed by atoms with Gasteiger partial charge in [-0.2, -0.15) is 5.26 Å². The Morgan fingerprint density at radius 1 is 1.35 bits per heavy atom. The molecular formula is C22H20F2N4O2S. The highest BCUT2D eigenvalue weighted by molar-refractivity contribution is 8.15. The second-order valence-corrected chi connectivity index (χ2v) is 9.02. The number of methoxy groups -OCH3 is 1. The van der Waals surface area contributed by atoms with Gasteiger partial charge in [-0.25, -0.2) is 8.78 Å². The number of halogens is 2. The number of ether oxygens (including phenoxy) is 1. The molecule has 0 amide bonds. The van der Waals surface area contributed by atoms with Crippen molar-refractivity contribution in [1.82, 2.24) is 4.98 Å². The molecule has 160 valence electrons. The molecule has 2 heterocycles. The van der Waals surface area contributed by atoms with Gasteiger partial charge in [0.1, 0.15) is 22.5 Å². The van der Waals surface area contributed by atoms with E-state index < -0.39 is 27.9 Å². The van der Waals surface area contributed by atoms with Crippen LogP contribution in [-0.2, 0) is 15.1 Å². The Morgan fingerprint density at radius 3 is 2.71 bits per heavy atom. The van der Waals surface area contributed by atoms with Crippen LogP contribution >= 0.6 is 11.8 Å². The number of carbonyl (C=O) groups is 1. The summed E-state index contributed by atoms with van der Waals surface area (Å²) in [7, 11) is 1.28. The van der Waals surface area contributed by atoms with Crippen LogP contribution in [0.25, 0.3) is 11.9 Å². The van der Waals surface area contributed by atoms with E-state index in [1.807, 2.05) is 6.07 Å². The number of rotatable bonds is 4.